The second-order valence-corrected chi connectivity index (χ2v) is 5.37. The van der Waals surface area contributed by atoms with Crippen molar-refractivity contribution >= 4 is 21.6 Å². The number of anilines is 1. The molecule has 2 aromatic heterocycles. The summed E-state index contributed by atoms with van der Waals surface area (Å²) in [5.41, 5.74) is 4.07. The smallest absolute Gasteiger partial charge is 0.143 e. The van der Waals surface area contributed by atoms with E-state index in [-0.39, 0.29) is 0 Å². The second kappa shape index (κ2) is 6.01. The van der Waals surface area contributed by atoms with Crippen molar-refractivity contribution in [3.8, 4) is 5.69 Å². The van der Waals surface area contributed by atoms with Gasteiger partial charge in [-0.25, -0.2) is 9.67 Å². The first-order valence-corrected chi connectivity index (χ1v) is 7.21. The van der Waals surface area contributed by atoms with E-state index in [1.807, 2.05) is 36.4 Å². The zero-order valence-electron chi connectivity index (χ0n) is 11.4. The molecule has 1 N–H and O–H groups in total. The zero-order valence-corrected chi connectivity index (χ0v) is 12.9. The molecule has 106 valence electrons. The maximum absolute atomic E-state index is 4.41. The van der Waals surface area contributed by atoms with Gasteiger partial charge in [-0.15, -0.1) is 5.10 Å². The van der Waals surface area contributed by atoms with Crippen LogP contribution in [0.5, 0.6) is 0 Å². The minimum absolute atomic E-state index is 0.652. The first-order chi connectivity index (χ1) is 10.2. The fourth-order valence-electron chi connectivity index (χ4n) is 1.96. The molecule has 7 heteroatoms. The molecule has 2 heterocycles. The SMILES string of the molecule is Cc1ccc(-n2cnnn2)cc1NCc1cccc(Br)n1. The largest absolute Gasteiger partial charge is 0.379 e. The molecule has 0 bridgehead atoms. The van der Waals surface area contributed by atoms with Gasteiger partial charge in [0.15, 0.2) is 0 Å². The van der Waals surface area contributed by atoms with Crippen LogP contribution in [-0.4, -0.2) is 25.2 Å². The van der Waals surface area contributed by atoms with E-state index < -0.39 is 0 Å². The predicted molar refractivity (Wildman–Crippen MR) is 83.2 cm³/mol. The van der Waals surface area contributed by atoms with Gasteiger partial charge in [-0.2, -0.15) is 0 Å². The van der Waals surface area contributed by atoms with E-state index in [1.54, 1.807) is 11.0 Å². The van der Waals surface area contributed by atoms with Crippen LogP contribution in [0.2, 0.25) is 0 Å². The number of halogens is 1. The summed E-state index contributed by atoms with van der Waals surface area (Å²) >= 11 is 3.38. The van der Waals surface area contributed by atoms with Gasteiger partial charge in [0.25, 0.3) is 0 Å². The molecule has 0 aliphatic rings. The van der Waals surface area contributed by atoms with Gasteiger partial charge in [0.05, 0.1) is 17.9 Å². The Hall–Kier alpha value is -2.28. The predicted octanol–water partition coefficient (Wildman–Crippen LogP) is 2.74. The third-order valence-corrected chi connectivity index (χ3v) is 3.51. The monoisotopic (exact) mass is 344 g/mol. The highest BCUT2D eigenvalue weighted by Crippen LogP contribution is 2.19. The molecule has 0 fully saturated rings. The summed E-state index contributed by atoms with van der Waals surface area (Å²) in [5.74, 6) is 0. The molecule has 0 saturated carbocycles. The Morgan fingerprint density at radius 1 is 1.24 bits per heavy atom. The maximum atomic E-state index is 4.41. The Bertz CT molecular complexity index is 741. The average Bonchev–Trinajstić information content (AvgIpc) is 3.01. The molecule has 1 aromatic carbocycles. The van der Waals surface area contributed by atoms with Crippen molar-refractivity contribution in [2.24, 2.45) is 0 Å². The minimum atomic E-state index is 0.652. The third kappa shape index (κ3) is 3.25. The van der Waals surface area contributed by atoms with E-state index in [4.69, 9.17) is 0 Å². The highest BCUT2D eigenvalue weighted by molar-refractivity contribution is 9.10. The van der Waals surface area contributed by atoms with Crippen LogP contribution in [0.3, 0.4) is 0 Å². The van der Waals surface area contributed by atoms with Gasteiger partial charge in [0, 0.05) is 5.69 Å². The van der Waals surface area contributed by atoms with Crippen LogP contribution in [0, 0.1) is 6.92 Å². The third-order valence-electron chi connectivity index (χ3n) is 3.07. The molecule has 0 amide bonds. The summed E-state index contributed by atoms with van der Waals surface area (Å²) in [4.78, 5) is 4.41. The fraction of sp³-hybridized carbons (Fsp3) is 0.143. The highest BCUT2D eigenvalue weighted by atomic mass is 79.9. The number of nitrogens with one attached hydrogen (secondary N) is 1. The minimum Gasteiger partial charge on any atom is -0.379 e. The van der Waals surface area contributed by atoms with Gasteiger partial charge < -0.3 is 5.32 Å². The lowest BCUT2D eigenvalue weighted by molar-refractivity contribution is 0.789. The molecule has 0 radical (unpaired) electrons. The van der Waals surface area contributed by atoms with Gasteiger partial charge in [0.2, 0.25) is 0 Å². The highest BCUT2D eigenvalue weighted by Gasteiger charge is 2.04. The number of aromatic nitrogens is 5. The van der Waals surface area contributed by atoms with Crippen molar-refractivity contribution in [3.63, 3.8) is 0 Å². The molecule has 0 unspecified atom stereocenters. The van der Waals surface area contributed by atoms with E-state index in [0.717, 1.165) is 27.2 Å². The molecule has 0 atom stereocenters. The molecule has 21 heavy (non-hydrogen) atoms. The Labute approximate surface area is 130 Å². The number of rotatable bonds is 4. The topological polar surface area (TPSA) is 68.5 Å². The summed E-state index contributed by atoms with van der Waals surface area (Å²) in [7, 11) is 0. The normalized spacial score (nSPS) is 10.6. The van der Waals surface area contributed by atoms with Crippen LogP contribution in [0.25, 0.3) is 5.69 Å². The number of aryl methyl sites for hydroxylation is 1. The molecule has 0 saturated heterocycles. The van der Waals surface area contributed by atoms with Gasteiger partial charge in [-0.05, 0) is 63.1 Å². The van der Waals surface area contributed by atoms with Gasteiger partial charge >= 0.3 is 0 Å². The summed E-state index contributed by atoms with van der Waals surface area (Å²) in [6.07, 6.45) is 1.57. The molecule has 3 rings (SSSR count). The summed E-state index contributed by atoms with van der Waals surface area (Å²) in [6, 6.07) is 11.9. The molecule has 3 aromatic rings. The van der Waals surface area contributed by atoms with E-state index in [9.17, 15) is 0 Å². The molecule has 0 aliphatic carbocycles. The number of pyridine rings is 1. The first kappa shape index (κ1) is 13.7. The van der Waals surface area contributed by atoms with Crippen LogP contribution in [0.1, 0.15) is 11.3 Å². The van der Waals surface area contributed by atoms with Crippen LogP contribution in [0.4, 0.5) is 5.69 Å². The van der Waals surface area contributed by atoms with Crippen molar-refractivity contribution in [2.75, 3.05) is 5.32 Å². The molecular formula is C14H13BrN6. The standard InChI is InChI=1S/C14H13BrN6/c1-10-5-6-12(21-9-17-19-20-21)7-13(10)16-8-11-3-2-4-14(15)18-11/h2-7,9,16H,8H2,1H3. The summed E-state index contributed by atoms with van der Waals surface area (Å²) in [6.45, 7) is 2.71. The summed E-state index contributed by atoms with van der Waals surface area (Å²) < 4.78 is 2.46. The zero-order chi connectivity index (χ0) is 14.7. The van der Waals surface area contributed by atoms with Crippen LogP contribution in [0.15, 0.2) is 47.3 Å². The molecule has 0 spiro atoms. The number of hydrogen-bond acceptors (Lipinski definition) is 5. The lowest BCUT2D eigenvalue weighted by Gasteiger charge is -2.11. The number of nitrogens with zero attached hydrogens (tertiary/aromatic N) is 5. The van der Waals surface area contributed by atoms with Crippen molar-refractivity contribution < 1.29 is 0 Å². The van der Waals surface area contributed by atoms with Crippen LogP contribution >= 0.6 is 15.9 Å². The average molecular weight is 345 g/mol. The van der Waals surface area contributed by atoms with Crippen LogP contribution < -0.4 is 5.32 Å². The number of tetrazole rings is 1. The van der Waals surface area contributed by atoms with Gasteiger partial charge in [-0.1, -0.05) is 12.1 Å². The van der Waals surface area contributed by atoms with Crippen molar-refractivity contribution in [3.05, 3.63) is 58.6 Å². The Morgan fingerprint density at radius 3 is 2.90 bits per heavy atom. The van der Waals surface area contributed by atoms with Crippen molar-refractivity contribution in [2.45, 2.75) is 13.5 Å². The Kier molecular flexibility index (Phi) is 3.92. The quantitative estimate of drug-likeness (QED) is 0.737. The van der Waals surface area contributed by atoms with E-state index in [2.05, 4.69) is 48.7 Å². The molecular weight excluding hydrogens is 332 g/mol. The van der Waals surface area contributed by atoms with Crippen molar-refractivity contribution in [1.29, 1.82) is 0 Å². The lowest BCUT2D eigenvalue weighted by atomic mass is 10.1. The van der Waals surface area contributed by atoms with Crippen LogP contribution in [-0.2, 0) is 6.54 Å². The maximum Gasteiger partial charge on any atom is 0.143 e. The van der Waals surface area contributed by atoms with Crippen molar-refractivity contribution in [1.82, 2.24) is 25.2 Å². The molecule has 6 nitrogen and oxygen atoms in total. The number of hydrogen-bond donors (Lipinski definition) is 1. The Morgan fingerprint density at radius 2 is 2.14 bits per heavy atom. The number of benzene rings is 1. The van der Waals surface area contributed by atoms with E-state index in [0.29, 0.717) is 6.54 Å². The summed E-state index contributed by atoms with van der Waals surface area (Å²) in [5, 5.41) is 14.6. The van der Waals surface area contributed by atoms with Gasteiger partial charge in [-0.3, -0.25) is 0 Å². The first-order valence-electron chi connectivity index (χ1n) is 6.42. The second-order valence-electron chi connectivity index (χ2n) is 4.56. The van der Waals surface area contributed by atoms with E-state index in [1.165, 1.54) is 0 Å². The van der Waals surface area contributed by atoms with Gasteiger partial charge in [0.1, 0.15) is 10.9 Å². The fourth-order valence-corrected chi connectivity index (χ4v) is 2.34. The Balaban J connectivity index is 1.80. The lowest BCUT2D eigenvalue weighted by Crippen LogP contribution is -2.04. The molecule has 0 aliphatic heterocycles. The van der Waals surface area contributed by atoms with E-state index >= 15 is 0 Å².